The van der Waals surface area contributed by atoms with E-state index in [9.17, 15) is 8.42 Å². The normalized spacial score (nSPS) is 11.6. The highest BCUT2D eigenvalue weighted by Crippen LogP contribution is 2.35. The van der Waals surface area contributed by atoms with E-state index in [0.717, 1.165) is 0 Å². The first kappa shape index (κ1) is 19.7. The Kier molecular flexibility index (Phi) is 6.40. The number of hydrogen-bond acceptors (Lipinski definition) is 5. The van der Waals surface area contributed by atoms with Crippen LogP contribution >= 0.6 is 34.8 Å². The van der Waals surface area contributed by atoms with Gasteiger partial charge in [0.05, 0.1) is 40.4 Å². The topological polar surface area (TPSA) is 77.0 Å². The summed E-state index contributed by atoms with van der Waals surface area (Å²) in [4.78, 5) is 2.02. The van der Waals surface area contributed by atoms with Crippen molar-refractivity contribution in [2.24, 2.45) is 5.10 Å². The molecule has 0 amide bonds. The van der Waals surface area contributed by atoms with Gasteiger partial charge in [-0.3, -0.25) is 0 Å². The summed E-state index contributed by atoms with van der Waals surface area (Å²) in [6.07, 6.45) is 1.28. The van der Waals surface area contributed by atoms with E-state index in [4.69, 9.17) is 44.3 Å². The maximum Gasteiger partial charge on any atom is 0.276 e. The van der Waals surface area contributed by atoms with Crippen molar-refractivity contribution in [1.29, 1.82) is 0 Å². The first-order valence-corrected chi connectivity index (χ1v) is 9.31. The quantitative estimate of drug-likeness (QED) is 0.563. The molecular formula is C15H13Cl3N2O4S. The number of halogens is 3. The molecule has 6 nitrogen and oxygen atoms in total. The van der Waals surface area contributed by atoms with Gasteiger partial charge in [0, 0.05) is 0 Å². The minimum atomic E-state index is -3.89. The molecule has 1 N–H and O–H groups in total. The van der Waals surface area contributed by atoms with Gasteiger partial charge in [0.25, 0.3) is 10.0 Å². The maximum absolute atomic E-state index is 12.2. The molecular weight excluding hydrogens is 411 g/mol. The van der Waals surface area contributed by atoms with Crippen molar-refractivity contribution in [2.75, 3.05) is 14.2 Å². The molecule has 0 radical (unpaired) electrons. The summed E-state index contributed by atoms with van der Waals surface area (Å²) < 4.78 is 34.6. The molecule has 0 fully saturated rings. The molecule has 0 aliphatic heterocycles. The van der Waals surface area contributed by atoms with Crippen LogP contribution in [0.5, 0.6) is 11.5 Å². The number of methoxy groups -OCH3 is 2. The fraction of sp³-hybridized carbons (Fsp3) is 0.133. The lowest BCUT2D eigenvalue weighted by molar-refractivity contribution is 0.355. The highest BCUT2D eigenvalue weighted by atomic mass is 35.5. The Morgan fingerprint density at radius 3 is 2.32 bits per heavy atom. The highest BCUT2D eigenvalue weighted by Gasteiger charge is 2.15. The van der Waals surface area contributed by atoms with Crippen LogP contribution in [0.1, 0.15) is 5.56 Å². The van der Waals surface area contributed by atoms with Gasteiger partial charge >= 0.3 is 0 Å². The molecule has 0 unspecified atom stereocenters. The fourth-order valence-corrected chi connectivity index (χ4v) is 3.36. The zero-order chi connectivity index (χ0) is 18.6. The fourth-order valence-electron chi connectivity index (χ4n) is 1.88. The molecule has 2 aromatic carbocycles. The molecule has 0 heterocycles. The Morgan fingerprint density at radius 2 is 1.72 bits per heavy atom. The molecule has 134 valence electrons. The van der Waals surface area contributed by atoms with Crippen molar-refractivity contribution in [3.8, 4) is 11.5 Å². The van der Waals surface area contributed by atoms with Gasteiger partial charge in [-0.05, 0) is 35.9 Å². The SMILES string of the molecule is COc1cc(/C=N/NS(=O)(=O)c2ccc(Cl)c(Cl)c2)cc(Cl)c1OC. The summed E-state index contributed by atoms with van der Waals surface area (Å²) in [5.74, 6) is 0.765. The molecule has 25 heavy (non-hydrogen) atoms. The van der Waals surface area contributed by atoms with E-state index in [1.165, 1.54) is 38.6 Å². The maximum atomic E-state index is 12.2. The van der Waals surface area contributed by atoms with Crippen LogP contribution < -0.4 is 14.3 Å². The highest BCUT2D eigenvalue weighted by molar-refractivity contribution is 7.89. The van der Waals surface area contributed by atoms with Crippen LogP contribution in [0.15, 0.2) is 40.3 Å². The number of sulfonamides is 1. The molecule has 0 aliphatic carbocycles. The van der Waals surface area contributed by atoms with Crippen molar-refractivity contribution in [2.45, 2.75) is 4.90 Å². The number of benzene rings is 2. The second-order valence-corrected chi connectivity index (χ2v) is 7.55. The number of nitrogens with zero attached hydrogens (tertiary/aromatic N) is 1. The first-order chi connectivity index (χ1) is 11.8. The van der Waals surface area contributed by atoms with Gasteiger partial charge in [0.15, 0.2) is 11.5 Å². The van der Waals surface area contributed by atoms with E-state index in [1.807, 2.05) is 0 Å². The van der Waals surface area contributed by atoms with Gasteiger partial charge in [-0.15, -0.1) is 0 Å². The van der Waals surface area contributed by atoms with Gasteiger partial charge in [-0.1, -0.05) is 34.8 Å². The Morgan fingerprint density at radius 1 is 1.00 bits per heavy atom. The minimum Gasteiger partial charge on any atom is -0.493 e. The molecule has 0 atom stereocenters. The van der Waals surface area contributed by atoms with Crippen LogP contribution in [0, 0.1) is 0 Å². The first-order valence-electron chi connectivity index (χ1n) is 6.70. The Bertz CT molecular complexity index is 917. The number of rotatable bonds is 6. The lowest BCUT2D eigenvalue weighted by Gasteiger charge is -2.10. The van der Waals surface area contributed by atoms with Gasteiger partial charge in [0.1, 0.15) is 0 Å². The lowest BCUT2D eigenvalue weighted by atomic mass is 10.2. The Labute approximate surface area is 160 Å². The smallest absolute Gasteiger partial charge is 0.276 e. The summed E-state index contributed by atoms with van der Waals surface area (Å²) in [5, 5.41) is 4.40. The van der Waals surface area contributed by atoms with Crippen molar-refractivity contribution >= 4 is 51.0 Å². The third kappa shape index (κ3) is 4.70. The zero-order valence-electron chi connectivity index (χ0n) is 13.1. The average Bonchev–Trinajstić information content (AvgIpc) is 2.56. The number of nitrogens with one attached hydrogen (secondary N) is 1. The molecule has 0 saturated carbocycles. The number of hydrogen-bond donors (Lipinski definition) is 1. The largest absolute Gasteiger partial charge is 0.493 e. The molecule has 0 aliphatic rings. The van der Waals surface area contributed by atoms with E-state index in [-0.39, 0.29) is 14.9 Å². The number of hydrazone groups is 1. The second kappa shape index (κ2) is 8.14. The Hall–Kier alpha value is -1.67. The van der Waals surface area contributed by atoms with Crippen LogP contribution in [-0.2, 0) is 10.0 Å². The van der Waals surface area contributed by atoms with E-state index in [1.54, 1.807) is 12.1 Å². The molecule has 2 rings (SSSR count). The zero-order valence-corrected chi connectivity index (χ0v) is 16.2. The van der Waals surface area contributed by atoms with Gasteiger partial charge in [-0.25, -0.2) is 4.83 Å². The lowest BCUT2D eigenvalue weighted by Crippen LogP contribution is -2.18. The molecule has 2 aromatic rings. The van der Waals surface area contributed by atoms with Gasteiger partial charge in [-0.2, -0.15) is 13.5 Å². The second-order valence-electron chi connectivity index (χ2n) is 4.67. The molecule has 0 aromatic heterocycles. The van der Waals surface area contributed by atoms with Gasteiger partial charge in [0.2, 0.25) is 0 Å². The van der Waals surface area contributed by atoms with Crippen molar-refractivity contribution < 1.29 is 17.9 Å². The predicted octanol–water partition coefficient (Wildman–Crippen LogP) is 3.98. The van der Waals surface area contributed by atoms with Crippen LogP contribution in [0.2, 0.25) is 15.1 Å². The van der Waals surface area contributed by atoms with Crippen molar-refractivity contribution in [3.05, 3.63) is 51.0 Å². The molecule has 0 bridgehead atoms. The summed E-state index contributed by atoms with van der Waals surface area (Å²) >= 11 is 17.7. The molecule has 10 heteroatoms. The summed E-state index contributed by atoms with van der Waals surface area (Å²) in [6, 6.07) is 7.09. The van der Waals surface area contributed by atoms with E-state index in [2.05, 4.69) is 9.93 Å². The van der Waals surface area contributed by atoms with E-state index in [0.29, 0.717) is 22.1 Å². The van der Waals surface area contributed by atoms with Crippen LogP contribution in [0.3, 0.4) is 0 Å². The summed E-state index contributed by atoms with van der Waals surface area (Å²) in [6.45, 7) is 0. The molecule has 0 spiro atoms. The van der Waals surface area contributed by atoms with E-state index < -0.39 is 10.0 Å². The van der Waals surface area contributed by atoms with E-state index >= 15 is 0 Å². The number of ether oxygens (including phenoxy) is 2. The van der Waals surface area contributed by atoms with Crippen molar-refractivity contribution in [3.63, 3.8) is 0 Å². The van der Waals surface area contributed by atoms with Crippen LogP contribution in [-0.4, -0.2) is 28.9 Å². The van der Waals surface area contributed by atoms with Crippen LogP contribution in [0.25, 0.3) is 0 Å². The minimum absolute atomic E-state index is 0.0654. The third-order valence-electron chi connectivity index (χ3n) is 3.04. The Balaban J connectivity index is 2.22. The third-order valence-corrected chi connectivity index (χ3v) is 5.28. The predicted molar refractivity (Wildman–Crippen MR) is 98.9 cm³/mol. The average molecular weight is 424 g/mol. The van der Waals surface area contributed by atoms with Gasteiger partial charge < -0.3 is 9.47 Å². The molecule has 0 saturated heterocycles. The monoisotopic (exact) mass is 422 g/mol. The summed E-state index contributed by atoms with van der Waals surface area (Å²) in [7, 11) is -0.967. The standard InChI is InChI=1S/C15H13Cl3N2O4S/c1-23-14-6-9(5-13(18)15(14)24-2)8-19-20-25(21,22)10-3-4-11(16)12(17)7-10/h3-8,20H,1-2H3/b19-8+. The van der Waals surface area contributed by atoms with Crippen molar-refractivity contribution in [1.82, 2.24) is 4.83 Å². The van der Waals surface area contributed by atoms with Crippen LogP contribution in [0.4, 0.5) is 0 Å². The summed E-state index contributed by atoms with van der Waals surface area (Å²) in [5.41, 5.74) is 0.513.